The number of rotatable bonds is 7. The van der Waals surface area contributed by atoms with Crippen LogP contribution in [-0.4, -0.2) is 25.1 Å². The number of hydrogen-bond acceptors (Lipinski definition) is 5. The van der Waals surface area contributed by atoms with E-state index in [9.17, 15) is 4.79 Å². The highest BCUT2D eigenvalue weighted by atomic mass is 16.5. The largest absolute Gasteiger partial charge is 0.493 e. The summed E-state index contributed by atoms with van der Waals surface area (Å²) in [5, 5.41) is 6.19. The molecule has 0 spiro atoms. The quantitative estimate of drug-likeness (QED) is 0.641. The fourth-order valence-electron chi connectivity index (χ4n) is 2.81. The van der Waals surface area contributed by atoms with Gasteiger partial charge >= 0.3 is 0 Å². The number of methoxy groups -OCH3 is 2. The molecule has 0 bridgehead atoms. The number of hydrogen-bond donors (Lipinski definition) is 2. The SMILES string of the molecule is COc1ccc(Nc2cc(C(=O)NC(C)c3ccccc3)ccn2)cc1OC. The molecule has 3 aromatic rings. The fraction of sp³-hybridized carbons (Fsp3) is 0.182. The first-order chi connectivity index (χ1) is 13.6. The van der Waals surface area contributed by atoms with E-state index in [1.807, 2.05) is 49.4 Å². The predicted octanol–water partition coefficient (Wildman–Crippen LogP) is 4.33. The van der Waals surface area contributed by atoms with Crippen LogP contribution in [0, 0.1) is 0 Å². The molecule has 1 heterocycles. The minimum Gasteiger partial charge on any atom is -0.493 e. The first-order valence-electron chi connectivity index (χ1n) is 8.91. The van der Waals surface area contributed by atoms with Gasteiger partial charge in [-0.05, 0) is 36.8 Å². The number of nitrogens with one attached hydrogen (secondary N) is 2. The minimum absolute atomic E-state index is 0.0934. The van der Waals surface area contributed by atoms with Crippen LogP contribution in [0.15, 0.2) is 66.9 Å². The summed E-state index contributed by atoms with van der Waals surface area (Å²) in [5.74, 6) is 1.66. The number of aromatic nitrogens is 1. The summed E-state index contributed by atoms with van der Waals surface area (Å²) >= 11 is 0. The van der Waals surface area contributed by atoms with Crippen LogP contribution in [0.4, 0.5) is 11.5 Å². The summed E-state index contributed by atoms with van der Waals surface area (Å²) < 4.78 is 10.6. The highest BCUT2D eigenvalue weighted by Crippen LogP contribution is 2.30. The number of pyridine rings is 1. The van der Waals surface area contributed by atoms with Crippen molar-refractivity contribution in [2.24, 2.45) is 0 Å². The predicted molar refractivity (Wildman–Crippen MR) is 109 cm³/mol. The van der Waals surface area contributed by atoms with E-state index in [0.717, 1.165) is 11.3 Å². The van der Waals surface area contributed by atoms with Crippen molar-refractivity contribution in [1.29, 1.82) is 0 Å². The molecule has 0 aliphatic rings. The van der Waals surface area contributed by atoms with Gasteiger partial charge < -0.3 is 20.1 Å². The normalized spacial score (nSPS) is 11.4. The molecule has 144 valence electrons. The van der Waals surface area contributed by atoms with E-state index in [2.05, 4.69) is 15.6 Å². The second-order valence-corrected chi connectivity index (χ2v) is 6.23. The van der Waals surface area contributed by atoms with Gasteiger partial charge in [0.2, 0.25) is 0 Å². The Balaban J connectivity index is 1.72. The van der Waals surface area contributed by atoms with Crippen molar-refractivity contribution in [2.45, 2.75) is 13.0 Å². The Kier molecular flexibility index (Phi) is 6.11. The molecule has 3 rings (SSSR count). The zero-order valence-corrected chi connectivity index (χ0v) is 16.1. The summed E-state index contributed by atoms with van der Waals surface area (Å²) in [5.41, 5.74) is 2.36. The van der Waals surface area contributed by atoms with Crippen molar-refractivity contribution in [3.63, 3.8) is 0 Å². The van der Waals surface area contributed by atoms with E-state index < -0.39 is 0 Å². The standard InChI is InChI=1S/C22H23N3O3/c1-15(16-7-5-4-6-8-16)24-22(26)17-11-12-23-21(13-17)25-18-9-10-19(27-2)20(14-18)28-3/h4-15H,1-3H3,(H,23,25)(H,24,26). The van der Waals surface area contributed by atoms with Crippen LogP contribution in [0.25, 0.3) is 0 Å². The number of anilines is 2. The molecule has 0 radical (unpaired) electrons. The van der Waals surface area contributed by atoms with Crippen molar-refractivity contribution in [2.75, 3.05) is 19.5 Å². The molecular weight excluding hydrogens is 354 g/mol. The van der Waals surface area contributed by atoms with E-state index in [-0.39, 0.29) is 11.9 Å². The zero-order chi connectivity index (χ0) is 19.9. The molecule has 6 heteroatoms. The second-order valence-electron chi connectivity index (χ2n) is 6.23. The Labute approximate surface area is 164 Å². The Bertz CT molecular complexity index is 945. The monoisotopic (exact) mass is 377 g/mol. The first-order valence-corrected chi connectivity index (χ1v) is 8.91. The van der Waals surface area contributed by atoms with E-state index in [0.29, 0.717) is 22.9 Å². The van der Waals surface area contributed by atoms with Crippen LogP contribution in [-0.2, 0) is 0 Å². The van der Waals surface area contributed by atoms with Crippen LogP contribution < -0.4 is 20.1 Å². The van der Waals surface area contributed by atoms with E-state index in [4.69, 9.17) is 9.47 Å². The third-order valence-corrected chi connectivity index (χ3v) is 4.33. The van der Waals surface area contributed by atoms with Crippen LogP contribution in [0.2, 0.25) is 0 Å². The lowest BCUT2D eigenvalue weighted by Gasteiger charge is -2.15. The maximum Gasteiger partial charge on any atom is 0.251 e. The lowest BCUT2D eigenvalue weighted by Crippen LogP contribution is -2.26. The average molecular weight is 377 g/mol. The number of benzene rings is 2. The molecule has 6 nitrogen and oxygen atoms in total. The maximum atomic E-state index is 12.6. The third-order valence-electron chi connectivity index (χ3n) is 4.33. The van der Waals surface area contributed by atoms with Crippen LogP contribution >= 0.6 is 0 Å². The molecule has 28 heavy (non-hydrogen) atoms. The van der Waals surface area contributed by atoms with Gasteiger partial charge in [0.25, 0.3) is 5.91 Å². The lowest BCUT2D eigenvalue weighted by atomic mass is 10.1. The van der Waals surface area contributed by atoms with E-state index >= 15 is 0 Å². The van der Waals surface area contributed by atoms with Gasteiger partial charge in [-0.2, -0.15) is 0 Å². The molecule has 0 fully saturated rings. The topological polar surface area (TPSA) is 72.5 Å². The van der Waals surface area contributed by atoms with Crippen molar-refractivity contribution in [3.8, 4) is 11.5 Å². The molecule has 0 aliphatic carbocycles. The molecule has 2 N–H and O–H groups in total. The highest BCUT2D eigenvalue weighted by molar-refractivity contribution is 5.95. The number of amides is 1. The third kappa shape index (κ3) is 4.59. The van der Waals surface area contributed by atoms with Crippen molar-refractivity contribution < 1.29 is 14.3 Å². The Morgan fingerprint density at radius 3 is 2.43 bits per heavy atom. The van der Waals surface area contributed by atoms with Crippen LogP contribution in [0.5, 0.6) is 11.5 Å². The summed E-state index contributed by atoms with van der Waals surface area (Å²) in [6.45, 7) is 1.96. The molecule has 2 aromatic carbocycles. The zero-order valence-electron chi connectivity index (χ0n) is 16.1. The maximum absolute atomic E-state index is 12.6. The Morgan fingerprint density at radius 1 is 0.964 bits per heavy atom. The van der Waals surface area contributed by atoms with Crippen molar-refractivity contribution >= 4 is 17.4 Å². The second kappa shape index (κ2) is 8.90. The lowest BCUT2D eigenvalue weighted by molar-refractivity contribution is 0.0940. The Hall–Kier alpha value is -3.54. The molecule has 0 saturated carbocycles. The summed E-state index contributed by atoms with van der Waals surface area (Å²) in [7, 11) is 3.17. The molecule has 1 atom stereocenters. The van der Waals surface area contributed by atoms with Crippen molar-refractivity contribution in [3.05, 3.63) is 78.0 Å². The molecule has 1 unspecified atom stereocenters. The minimum atomic E-state index is -0.158. The van der Waals surface area contributed by atoms with Gasteiger partial charge in [0.1, 0.15) is 5.82 Å². The van der Waals surface area contributed by atoms with E-state index in [1.54, 1.807) is 38.6 Å². The molecule has 0 saturated heterocycles. The van der Waals surface area contributed by atoms with Gasteiger partial charge in [-0.25, -0.2) is 4.98 Å². The number of nitrogens with zero attached hydrogens (tertiary/aromatic N) is 1. The van der Waals surface area contributed by atoms with Crippen molar-refractivity contribution in [1.82, 2.24) is 10.3 Å². The summed E-state index contributed by atoms with van der Waals surface area (Å²) in [6, 6.07) is 18.6. The number of ether oxygens (including phenoxy) is 2. The molecule has 1 aromatic heterocycles. The molecular formula is C22H23N3O3. The van der Waals surface area contributed by atoms with Gasteiger partial charge in [-0.3, -0.25) is 4.79 Å². The number of carbonyl (C=O) groups is 1. The smallest absolute Gasteiger partial charge is 0.251 e. The molecule has 0 aliphatic heterocycles. The average Bonchev–Trinajstić information content (AvgIpc) is 2.74. The van der Waals surface area contributed by atoms with Crippen LogP contribution in [0.3, 0.4) is 0 Å². The summed E-state index contributed by atoms with van der Waals surface area (Å²) in [6.07, 6.45) is 1.60. The molecule has 1 amide bonds. The summed E-state index contributed by atoms with van der Waals surface area (Å²) in [4.78, 5) is 16.9. The van der Waals surface area contributed by atoms with Gasteiger partial charge in [0.05, 0.1) is 20.3 Å². The number of carbonyl (C=O) groups excluding carboxylic acids is 1. The van der Waals surface area contributed by atoms with Gasteiger partial charge in [-0.1, -0.05) is 30.3 Å². The Morgan fingerprint density at radius 2 is 1.71 bits per heavy atom. The first kappa shape index (κ1) is 19.2. The highest BCUT2D eigenvalue weighted by Gasteiger charge is 2.12. The van der Waals surface area contributed by atoms with Gasteiger partial charge in [0.15, 0.2) is 11.5 Å². The van der Waals surface area contributed by atoms with Crippen LogP contribution in [0.1, 0.15) is 28.9 Å². The van der Waals surface area contributed by atoms with Gasteiger partial charge in [-0.15, -0.1) is 0 Å². The van der Waals surface area contributed by atoms with E-state index in [1.165, 1.54) is 0 Å². The fourth-order valence-corrected chi connectivity index (χ4v) is 2.81. The van der Waals surface area contributed by atoms with Gasteiger partial charge in [0, 0.05) is 23.5 Å².